The van der Waals surface area contributed by atoms with Gasteiger partial charge in [0.25, 0.3) is 0 Å². The molecule has 2 heteroatoms. The van der Waals surface area contributed by atoms with Crippen molar-refractivity contribution in [2.75, 3.05) is 5.32 Å². The molecule has 80 valence electrons. The largest absolute Gasteiger partial charge is 0.326 e. The lowest BCUT2D eigenvalue weighted by Gasteiger charge is -1.93. The molecule has 0 bridgehead atoms. The van der Waals surface area contributed by atoms with E-state index < -0.39 is 0 Å². The molecule has 0 aromatic heterocycles. The molecule has 2 aromatic rings. The first-order chi connectivity index (χ1) is 7.86. The molecular formula is C14H13NO. The second-order valence-corrected chi connectivity index (χ2v) is 3.54. The third-order valence-electron chi connectivity index (χ3n) is 2.31. The van der Waals surface area contributed by atoms with Gasteiger partial charge >= 0.3 is 0 Å². The Morgan fingerprint density at radius 1 is 0.812 bits per heavy atom. The second kappa shape index (κ2) is 5.12. The monoisotopic (exact) mass is 211 g/mol. The van der Waals surface area contributed by atoms with Crippen molar-refractivity contribution >= 4 is 11.6 Å². The van der Waals surface area contributed by atoms with Gasteiger partial charge in [0, 0.05) is 5.69 Å². The highest BCUT2D eigenvalue weighted by Gasteiger charge is 2.15. The number of benzene rings is 2. The molecule has 1 amide bonds. The highest BCUT2D eigenvalue weighted by molar-refractivity contribution is 5.98. The van der Waals surface area contributed by atoms with E-state index in [4.69, 9.17) is 0 Å². The van der Waals surface area contributed by atoms with Crippen molar-refractivity contribution < 1.29 is 4.79 Å². The Morgan fingerprint density at radius 2 is 1.38 bits per heavy atom. The minimum absolute atomic E-state index is 0.0983. The predicted molar refractivity (Wildman–Crippen MR) is 65.2 cm³/mol. The number of hydrogen-bond acceptors (Lipinski definition) is 1. The summed E-state index contributed by atoms with van der Waals surface area (Å²) in [7, 11) is 0. The summed E-state index contributed by atoms with van der Waals surface area (Å²) in [6.07, 6.45) is 0.538. The molecular weight excluding hydrogens is 198 g/mol. The van der Waals surface area contributed by atoms with Crippen molar-refractivity contribution in [2.24, 2.45) is 0 Å². The maximum Gasteiger partial charge on any atom is 0.228 e. The van der Waals surface area contributed by atoms with E-state index in [0.29, 0.717) is 6.42 Å². The molecule has 0 unspecified atom stereocenters. The van der Waals surface area contributed by atoms with Gasteiger partial charge in [0.2, 0.25) is 5.91 Å². The van der Waals surface area contributed by atoms with E-state index in [1.807, 2.05) is 60.7 Å². The minimum atomic E-state index is 0.0983. The van der Waals surface area contributed by atoms with Crippen LogP contribution in [0.15, 0.2) is 60.7 Å². The topological polar surface area (TPSA) is 29.1 Å². The average molecular weight is 211 g/mol. The van der Waals surface area contributed by atoms with Crippen molar-refractivity contribution in [3.8, 4) is 0 Å². The van der Waals surface area contributed by atoms with Crippen molar-refractivity contribution in [3.05, 3.63) is 66.2 Å². The van der Waals surface area contributed by atoms with Gasteiger partial charge in [-0.3, -0.25) is 4.79 Å². The molecule has 1 N–H and O–H groups in total. The van der Waals surface area contributed by atoms with Gasteiger partial charge in [0.05, 0.1) is 6.42 Å². The van der Waals surface area contributed by atoms with Crippen molar-refractivity contribution in [1.82, 2.24) is 0 Å². The highest BCUT2D eigenvalue weighted by Crippen LogP contribution is 2.20. The SMILES string of the molecule is O=C1Cc2ccccc2N1.c1ccccc1. The lowest BCUT2D eigenvalue weighted by atomic mass is 10.2. The van der Waals surface area contributed by atoms with Crippen LogP contribution in [0.4, 0.5) is 5.69 Å². The van der Waals surface area contributed by atoms with Crippen LogP contribution in [0.1, 0.15) is 5.56 Å². The fourth-order valence-electron chi connectivity index (χ4n) is 1.55. The molecule has 0 aliphatic carbocycles. The number of carbonyl (C=O) groups is 1. The number of carbonyl (C=O) groups excluding carboxylic acids is 1. The van der Waals surface area contributed by atoms with Gasteiger partial charge in [-0.1, -0.05) is 54.6 Å². The van der Waals surface area contributed by atoms with E-state index in [9.17, 15) is 4.79 Å². The number of amides is 1. The third kappa shape index (κ3) is 2.70. The zero-order chi connectivity index (χ0) is 11.2. The summed E-state index contributed by atoms with van der Waals surface area (Å²) < 4.78 is 0. The second-order valence-electron chi connectivity index (χ2n) is 3.54. The minimum Gasteiger partial charge on any atom is -0.326 e. The Morgan fingerprint density at radius 3 is 1.94 bits per heavy atom. The summed E-state index contributed by atoms with van der Waals surface area (Å²) in [6.45, 7) is 0. The van der Waals surface area contributed by atoms with Crippen LogP contribution in [0.25, 0.3) is 0 Å². The van der Waals surface area contributed by atoms with Gasteiger partial charge < -0.3 is 5.32 Å². The predicted octanol–water partition coefficient (Wildman–Crippen LogP) is 2.87. The molecule has 0 atom stereocenters. The quantitative estimate of drug-likeness (QED) is 0.713. The van der Waals surface area contributed by atoms with E-state index >= 15 is 0 Å². The maximum atomic E-state index is 10.8. The Kier molecular flexibility index (Phi) is 3.34. The van der Waals surface area contributed by atoms with Gasteiger partial charge in [-0.2, -0.15) is 0 Å². The normalized spacial score (nSPS) is 12.1. The van der Waals surface area contributed by atoms with Crippen molar-refractivity contribution in [1.29, 1.82) is 0 Å². The van der Waals surface area contributed by atoms with E-state index in [2.05, 4.69) is 5.32 Å². The number of anilines is 1. The van der Waals surface area contributed by atoms with Crippen LogP contribution in [-0.2, 0) is 11.2 Å². The first-order valence-corrected chi connectivity index (χ1v) is 5.24. The van der Waals surface area contributed by atoms with Crippen LogP contribution in [0.3, 0.4) is 0 Å². The zero-order valence-electron chi connectivity index (χ0n) is 8.89. The lowest BCUT2D eigenvalue weighted by Crippen LogP contribution is -2.03. The molecule has 0 spiro atoms. The maximum absolute atomic E-state index is 10.8. The van der Waals surface area contributed by atoms with E-state index in [1.54, 1.807) is 0 Å². The molecule has 1 aliphatic heterocycles. The smallest absolute Gasteiger partial charge is 0.228 e. The van der Waals surface area contributed by atoms with E-state index in [-0.39, 0.29) is 5.91 Å². The van der Waals surface area contributed by atoms with Crippen LogP contribution < -0.4 is 5.32 Å². The number of rotatable bonds is 0. The summed E-state index contributed by atoms with van der Waals surface area (Å²) in [4.78, 5) is 10.8. The first kappa shape index (κ1) is 10.4. The number of fused-ring (bicyclic) bond motifs is 1. The van der Waals surface area contributed by atoms with Crippen LogP contribution in [0.2, 0.25) is 0 Å². The Labute approximate surface area is 94.9 Å². The standard InChI is InChI=1S/C8H7NO.C6H6/c10-8-5-6-3-1-2-4-7(6)9-8;1-2-4-6-5-3-1/h1-4H,5H2,(H,9,10);1-6H. The molecule has 0 radical (unpaired) electrons. The first-order valence-electron chi connectivity index (χ1n) is 5.24. The molecule has 16 heavy (non-hydrogen) atoms. The molecule has 3 rings (SSSR count). The van der Waals surface area contributed by atoms with Crippen molar-refractivity contribution in [3.63, 3.8) is 0 Å². The molecule has 2 nitrogen and oxygen atoms in total. The summed E-state index contributed by atoms with van der Waals surface area (Å²) in [5.74, 6) is 0.0983. The van der Waals surface area contributed by atoms with E-state index in [1.165, 1.54) is 0 Å². The Hall–Kier alpha value is -2.09. The number of nitrogens with one attached hydrogen (secondary N) is 1. The summed E-state index contributed by atoms with van der Waals surface area (Å²) >= 11 is 0. The zero-order valence-corrected chi connectivity index (χ0v) is 8.89. The molecule has 2 aromatic carbocycles. The molecule has 1 heterocycles. The van der Waals surface area contributed by atoms with Gasteiger partial charge in [0.1, 0.15) is 0 Å². The van der Waals surface area contributed by atoms with Gasteiger partial charge in [-0.25, -0.2) is 0 Å². The fourth-order valence-corrected chi connectivity index (χ4v) is 1.55. The third-order valence-corrected chi connectivity index (χ3v) is 2.31. The highest BCUT2D eigenvalue weighted by atomic mass is 16.1. The van der Waals surface area contributed by atoms with Crippen molar-refractivity contribution in [2.45, 2.75) is 6.42 Å². The number of hydrogen-bond donors (Lipinski definition) is 1. The van der Waals surface area contributed by atoms with E-state index in [0.717, 1.165) is 11.3 Å². The fraction of sp³-hybridized carbons (Fsp3) is 0.0714. The van der Waals surface area contributed by atoms with Gasteiger partial charge in [-0.05, 0) is 11.6 Å². The summed E-state index contributed by atoms with van der Waals surface area (Å²) in [5.41, 5.74) is 2.07. The van der Waals surface area contributed by atoms with Gasteiger partial charge in [-0.15, -0.1) is 0 Å². The molecule has 0 saturated heterocycles. The average Bonchev–Trinajstić information content (AvgIpc) is 2.72. The Balaban J connectivity index is 0.000000138. The van der Waals surface area contributed by atoms with Crippen LogP contribution in [0.5, 0.6) is 0 Å². The van der Waals surface area contributed by atoms with Crippen LogP contribution in [-0.4, -0.2) is 5.91 Å². The molecule has 0 fully saturated rings. The summed E-state index contributed by atoms with van der Waals surface area (Å²) in [5, 5.41) is 2.76. The number of para-hydroxylation sites is 1. The van der Waals surface area contributed by atoms with Crippen LogP contribution in [0, 0.1) is 0 Å². The Bertz CT molecular complexity index is 411. The van der Waals surface area contributed by atoms with Gasteiger partial charge in [0.15, 0.2) is 0 Å². The lowest BCUT2D eigenvalue weighted by molar-refractivity contribution is -0.115. The van der Waals surface area contributed by atoms with Crippen LogP contribution >= 0.6 is 0 Å². The molecule has 1 aliphatic rings. The summed E-state index contributed by atoms with van der Waals surface area (Å²) in [6, 6.07) is 19.7. The molecule has 0 saturated carbocycles.